The molecule has 1 fully saturated rings. The number of hydrogen-bond donors (Lipinski definition) is 1. The summed E-state index contributed by atoms with van der Waals surface area (Å²) in [5, 5.41) is 3.53. The maximum absolute atomic E-state index is 12.6. The van der Waals surface area contributed by atoms with Crippen molar-refractivity contribution in [2.24, 2.45) is 0 Å². The summed E-state index contributed by atoms with van der Waals surface area (Å²) in [6.45, 7) is -1.41. The molecule has 0 bridgehead atoms. The molecule has 140 valence electrons. The van der Waals surface area contributed by atoms with Gasteiger partial charge in [-0.15, -0.1) is 0 Å². The van der Waals surface area contributed by atoms with E-state index in [0.29, 0.717) is 22.8 Å². The zero-order valence-electron chi connectivity index (χ0n) is 14.7. The van der Waals surface area contributed by atoms with Crippen LogP contribution >= 0.6 is 0 Å². The number of alkyl halides is 2. The molecule has 26 heavy (non-hydrogen) atoms. The Bertz CT molecular complexity index is 753. The fraction of sp³-hybridized carbons (Fsp3) is 0.450. The van der Waals surface area contributed by atoms with Crippen molar-refractivity contribution in [1.29, 1.82) is 0 Å². The molecule has 1 N–H and O–H groups in total. The number of aromatic nitrogens is 1. The molecule has 0 spiro atoms. The molecule has 4 nitrogen and oxygen atoms in total. The van der Waals surface area contributed by atoms with Gasteiger partial charge in [-0.3, -0.25) is 9.36 Å². The highest BCUT2D eigenvalue weighted by atomic mass is 19.3. The molecule has 3 rings (SSSR count). The van der Waals surface area contributed by atoms with Gasteiger partial charge in [-0.25, -0.2) is 0 Å². The first-order chi connectivity index (χ1) is 12.6. The molecular formula is C20H24F2N2O2. The van der Waals surface area contributed by atoms with E-state index in [1.165, 1.54) is 44.2 Å². The monoisotopic (exact) mass is 362 g/mol. The van der Waals surface area contributed by atoms with Crippen molar-refractivity contribution in [2.45, 2.75) is 44.7 Å². The maximum atomic E-state index is 12.6. The molecule has 1 aromatic carbocycles. The summed E-state index contributed by atoms with van der Waals surface area (Å²) in [5.41, 5.74) is 0.681. The van der Waals surface area contributed by atoms with Crippen LogP contribution in [0.2, 0.25) is 0 Å². The van der Waals surface area contributed by atoms with Crippen LogP contribution in [0.4, 0.5) is 8.78 Å². The summed E-state index contributed by atoms with van der Waals surface area (Å²) in [7, 11) is 0. The van der Waals surface area contributed by atoms with E-state index in [9.17, 15) is 13.6 Å². The van der Waals surface area contributed by atoms with E-state index in [4.69, 9.17) is 4.74 Å². The van der Waals surface area contributed by atoms with E-state index in [1.54, 1.807) is 0 Å². The molecule has 0 unspecified atom stereocenters. The molecule has 1 aliphatic carbocycles. The Kier molecular flexibility index (Phi) is 6.39. The fourth-order valence-corrected chi connectivity index (χ4v) is 3.31. The van der Waals surface area contributed by atoms with Gasteiger partial charge in [0.2, 0.25) is 0 Å². The molecule has 2 aromatic rings. The minimum absolute atomic E-state index is 0.403. The Morgan fingerprint density at radius 1 is 1.08 bits per heavy atom. The average molecular weight is 362 g/mol. The molecule has 0 amide bonds. The molecule has 0 aliphatic heterocycles. The molecule has 1 saturated carbocycles. The zero-order chi connectivity index (χ0) is 18.4. The Balaban J connectivity index is 1.51. The Hall–Kier alpha value is -2.21. The van der Waals surface area contributed by atoms with Gasteiger partial charge >= 0.3 is 6.55 Å². The van der Waals surface area contributed by atoms with Crippen LogP contribution in [0.3, 0.4) is 0 Å². The number of nitrogens with one attached hydrogen (secondary N) is 1. The van der Waals surface area contributed by atoms with Crippen LogP contribution in [0, 0.1) is 0 Å². The molecule has 0 saturated heterocycles. The summed E-state index contributed by atoms with van der Waals surface area (Å²) < 4.78 is 31.4. The second kappa shape index (κ2) is 8.94. The largest absolute Gasteiger partial charge is 0.492 e. The number of rotatable bonds is 7. The lowest BCUT2D eigenvalue weighted by Crippen LogP contribution is -2.34. The Labute approximate surface area is 151 Å². The highest BCUT2D eigenvalue weighted by Gasteiger charge is 2.12. The van der Waals surface area contributed by atoms with E-state index in [0.717, 1.165) is 24.1 Å². The highest BCUT2D eigenvalue weighted by Crippen LogP contribution is 2.22. The summed E-state index contributed by atoms with van der Waals surface area (Å²) in [6, 6.07) is 10.7. The maximum Gasteiger partial charge on any atom is 0.321 e. The van der Waals surface area contributed by atoms with Crippen molar-refractivity contribution < 1.29 is 13.5 Å². The molecule has 0 radical (unpaired) electrons. The van der Waals surface area contributed by atoms with E-state index < -0.39 is 12.1 Å². The first kappa shape index (κ1) is 18.6. The standard InChI is InChI=1S/C20H24F2N2O2/c21-20(22)24-12-10-16(14-19(24)25)15-6-8-18(9-7-15)26-13-11-23-17-4-2-1-3-5-17/h6-10,12,14,17,20,23H,1-5,11,13H2. The smallest absolute Gasteiger partial charge is 0.321 e. The molecule has 1 aliphatic rings. The summed E-state index contributed by atoms with van der Waals surface area (Å²) in [4.78, 5) is 11.7. The molecular weight excluding hydrogens is 338 g/mol. The Morgan fingerprint density at radius 3 is 2.46 bits per heavy atom. The van der Waals surface area contributed by atoms with Crippen molar-refractivity contribution in [3.8, 4) is 16.9 Å². The Morgan fingerprint density at radius 2 is 1.81 bits per heavy atom. The predicted molar refractivity (Wildman–Crippen MR) is 97.8 cm³/mol. The lowest BCUT2D eigenvalue weighted by Gasteiger charge is -2.22. The number of benzene rings is 1. The van der Waals surface area contributed by atoms with Crippen molar-refractivity contribution in [3.63, 3.8) is 0 Å². The average Bonchev–Trinajstić information content (AvgIpc) is 2.66. The second-order valence-corrected chi connectivity index (χ2v) is 6.60. The van der Waals surface area contributed by atoms with Gasteiger partial charge in [-0.05, 0) is 42.2 Å². The summed E-state index contributed by atoms with van der Waals surface area (Å²) in [5.74, 6) is 0.750. The normalized spacial score (nSPS) is 15.3. The van der Waals surface area contributed by atoms with Gasteiger partial charge in [-0.1, -0.05) is 31.4 Å². The third-order valence-corrected chi connectivity index (χ3v) is 4.76. The van der Waals surface area contributed by atoms with Gasteiger partial charge < -0.3 is 10.1 Å². The van der Waals surface area contributed by atoms with E-state index in [2.05, 4.69) is 5.32 Å². The minimum atomic E-state index is -2.82. The number of nitrogens with zero attached hydrogens (tertiary/aromatic N) is 1. The van der Waals surface area contributed by atoms with E-state index >= 15 is 0 Å². The van der Waals surface area contributed by atoms with Gasteiger partial charge in [0, 0.05) is 24.8 Å². The highest BCUT2D eigenvalue weighted by molar-refractivity contribution is 5.63. The number of pyridine rings is 1. The SMILES string of the molecule is O=c1cc(-c2ccc(OCCNC3CCCCC3)cc2)ccn1C(F)F. The molecule has 6 heteroatoms. The summed E-state index contributed by atoms with van der Waals surface area (Å²) in [6.07, 6.45) is 7.57. The fourth-order valence-electron chi connectivity index (χ4n) is 3.31. The van der Waals surface area contributed by atoms with Crippen molar-refractivity contribution >= 4 is 0 Å². The molecule has 1 aromatic heterocycles. The van der Waals surface area contributed by atoms with E-state index in [1.807, 2.05) is 24.3 Å². The molecule has 0 atom stereocenters. The zero-order valence-corrected chi connectivity index (χ0v) is 14.7. The van der Waals surface area contributed by atoms with Crippen molar-refractivity contribution in [2.75, 3.05) is 13.2 Å². The van der Waals surface area contributed by atoms with Crippen LogP contribution in [0.1, 0.15) is 38.7 Å². The topological polar surface area (TPSA) is 43.3 Å². The lowest BCUT2D eigenvalue weighted by molar-refractivity contribution is 0.0664. The van der Waals surface area contributed by atoms with Gasteiger partial charge in [0.05, 0.1) is 0 Å². The van der Waals surface area contributed by atoms with Crippen LogP contribution in [-0.4, -0.2) is 23.8 Å². The van der Waals surface area contributed by atoms with Gasteiger partial charge in [0.25, 0.3) is 5.56 Å². The first-order valence-corrected chi connectivity index (χ1v) is 9.10. The second-order valence-electron chi connectivity index (χ2n) is 6.60. The summed E-state index contributed by atoms with van der Waals surface area (Å²) >= 11 is 0. The van der Waals surface area contributed by atoms with Crippen molar-refractivity contribution in [3.05, 3.63) is 52.9 Å². The van der Waals surface area contributed by atoms with Crippen molar-refractivity contribution in [1.82, 2.24) is 9.88 Å². The predicted octanol–water partition coefficient (Wildman–Crippen LogP) is 4.21. The van der Waals surface area contributed by atoms with Crippen LogP contribution in [0.25, 0.3) is 11.1 Å². The third-order valence-electron chi connectivity index (χ3n) is 4.76. The number of hydrogen-bond acceptors (Lipinski definition) is 3. The van der Waals surface area contributed by atoms with Crippen LogP contribution < -0.4 is 15.6 Å². The van der Waals surface area contributed by atoms with Crippen LogP contribution in [0.15, 0.2) is 47.4 Å². The number of ether oxygens (including phenoxy) is 1. The molecule has 1 heterocycles. The minimum Gasteiger partial charge on any atom is -0.492 e. The quantitative estimate of drug-likeness (QED) is 0.751. The number of halogens is 2. The van der Waals surface area contributed by atoms with Gasteiger partial charge in [0.1, 0.15) is 12.4 Å². The van der Waals surface area contributed by atoms with Crippen LogP contribution in [-0.2, 0) is 0 Å². The first-order valence-electron chi connectivity index (χ1n) is 9.10. The van der Waals surface area contributed by atoms with E-state index in [-0.39, 0.29) is 0 Å². The van der Waals surface area contributed by atoms with Gasteiger partial charge in [-0.2, -0.15) is 8.78 Å². The van der Waals surface area contributed by atoms with Crippen LogP contribution in [0.5, 0.6) is 5.75 Å². The van der Waals surface area contributed by atoms with Gasteiger partial charge in [0.15, 0.2) is 0 Å². The lowest BCUT2D eigenvalue weighted by atomic mass is 9.96. The third kappa shape index (κ3) is 4.91.